The van der Waals surface area contributed by atoms with E-state index in [4.69, 9.17) is 9.15 Å². The molecule has 172 valence electrons. The van der Waals surface area contributed by atoms with E-state index in [-0.39, 0.29) is 24.3 Å². The lowest BCUT2D eigenvalue weighted by molar-refractivity contribution is -0.137. The van der Waals surface area contributed by atoms with Crippen LogP contribution in [0.15, 0.2) is 59.0 Å². The van der Waals surface area contributed by atoms with E-state index in [9.17, 15) is 9.59 Å². The SMILES string of the molecule is O=C(c1ccc(COc2ccc3ccccc3c2)o1)N1CCC(C(=O)N2CCCCC2)CC1. The fourth-order valence-electron chi connectivity index (χ4n) is 4.84. The molecule has 6 heteroatoms. The standard InChI is InChI=1S/C27H30N2O4/c30-26(28-14-4-1-5-15-28)21-12-16-29(17-13-21)27(31)25-11-10-24(33-25)19-32-23-9-8-20-6-2-3-7-22(20)18-23/h2-3,6-11,18,21H,1,4-5,12-17,19H2. The van der Waals surface area contributed by atoms with Gasteiger partial charge in [-0.2, -0.15) is 0 Å². The molecule has 0 saturated carbocycles. The maximum absolute atomic E-state index is 12.9. The summed E-state index contributed by atoms with van der Waals surface area (Å²) in [6.07, 6.45) is 4.87. The molecule has 0 bridgehead atoms. The van der Waals surface area contributed by atoms with Crippen LogP contribution in [0.25, 0.3) is 10.8 Å². The van der Waals surface area contributed by atoms with Crippen molar-refractivity contribution < 1.29 is 18.7 Å². The molecule has 0 unspecified atom stereocenters. The van der Waals surface area contributed by atoms with Crippen LogP contribution in [-0.4, -0.2) is 47.8 Å². The lowest BCUT2D eigenvalue weighted by Gasteiger charge is -2.35. The monoisotopic (exact) mass is 446 g/mol. The Hall–Kier alpha value is -3.28. The van der Waals surface area contributed by atoms with Crippen LogP contribution in [0.1, 0.15) is 48.4 Å². The highest BCUT2D eigenvalue weighted by molar-refractivity contribution is 5.92. The Morgan fingerprint density at radius 3 is 2.39 bits per heavy atom. The lowest BCUT2D eigenvalue weighted by atomic mass is 9.94. The van der Waals surface area contributed by atoms with Gasteiger partial charge in [0, 0.05) is 32.1 Å². The van der Waals surface area contributed by atoms with Crippen molar-refractivity contribution >= 4 is 22.6 Å². The number of furan rings is 1. The number of fused-ring (bicyclic) bond motifs is 1. The van der Waals surface area contributed by atoms with Crippen molar-refractivity contribution in [3.05, 3.63) is 66.1 Å². The maximum Gasteiger partial charge on any atom is 0.289 e. The van der Waals surface area contributed by atoms with Crippen molar-refractivity contribution in [3.8, 4) is 5.75 Å². The lowest BCUT2D eigenvalue weighted by Crippen LogP contribution is -2.45. The average molecular weight is 447 g/mol. The highest BCUT2D eigenvalue weighted by atomic mass is 16.5. The van der Waals surface area contributed by atoms with Gasteiger partial charge in [0.25, 0.3) is 5.91 Å². The van der Waals surface area contributed by atoms with E-state index in [0.717, 1.165) is 55.3 Å². The molecule has 2 aliphatic rings. The number of piperidine rings is 2. The van der Waals surface area contributed by atoms with Gasteiger partial charge in [0.05, 0.1) is 0 Å². The van der Waals surface area contributed by atoms with Gasteiger partial charge < -0.3 is 19.0 Å². The third-order valence-electron chi connectivity index (χ3n) is 6.77. The Labute approximate surface area is 194 Å². The molecule has 0 spiro atoms. The van der Waals surface area contributed by atoms with Gasteiger partial charge in [-0.05, 0) is 67.1 Å². The van der Waals surface area contributed by atoms with Gasteiger partial charge in [-0.25, -0.2) is 0 Å². The predicted octanol–water partition coefficient (Wildman–Crippen LogP) is 4.88. The van der Waals surface area contributed by atoms with Crippen molar-refractivity contribution in [3.63, 3.8) is 0 Å². The predicted molar refractivity (Wildman–Crippen MR) is 126 cm³/mol. The van der Waals surface area contributed by atoms with Gasteiger partial charge >= 0.3 is 0 Å². The molecule has 2 saturated heterocycles. The Balaban J connectivity index is 1.13. The zero-order valence-corrected chi connectivity index (χ0v) is 18.9. The number of hydrogen-bond acceptors (Lipinski definition) is 4. The molecular formula is C27H30N2O4. The molecule has 2 aliphatic heterocycles. The highest BCUT2D eigenvalue weighted by Crippen LogP contribution is 2.25. The van der Waals surface area contributed by atoms with Crippen molar-refractivity contribution in [1.29, 1.82) is 0 Å². The number of benzene rings is 2. The van der Waals surface area contributed by atoms with Crippen LogP contribution in [0.5, 0.6) is 5.75 Å². The number of ether oxygens (including phenoxy) is 1. The quantitative estimate of drug-likeness (QED) is 0.561. The molecule has 0 aliphatic carbocycles. The molecule has 6 nitrogen and oxygen atoms in total. The molecule has 2 aromatic carbocycles. The van der Waals surface area contributed by atoms with E-state index in [0.29, 0.717) is 24.6 Å². The number of amides is 2. The van der Waals surface area contributed by atoms with Crippen molar-refractivity contribution in [2.75, 3.05) is 26.2 Å². The molecule has 1 aromatic heterocycles. The van der Waals surface area contributed by atoms with E-state index in [1.165, 1.54) is 6.42 Å². The average Bonchev–Trinajstić information content (AvgIpc) is 3.36. The number of hydrogen-bond donors (Lipinski definition) is 0. The summed E-state index contributed by atoms with van der Waals surface area (Å²) in [5.74, 6) is 1.89. The minimum atomic E-state index is -0.115. The number of likely N-dealkylation sites (tertiary alicyclic amines) is 2. The van der Waals surface area contributed by atoms with Crippen LogP contribution in [0, 0.1) is 5.92 Å². The zero-order valence-electron chi connectivity index (χ0n) is 18.9. The normalized spacial score (nSPS) is 17.3. The van der Waals surface area contributed by atoms with Gasteiger partial charge in [0.1, 0.15) is 18.1 Å². The third-order valence-corrected chi connectivity index (χ3v) is 6.77. The van der Waals surface area contributed by atoms with Crippen LogP contribution in [-0.2, 0) is 11.4 Å². The molecule has 33 heavy (non-hydrogen) atoms. The Morgan fingerprint density at radius 1 is 0.848 bits per heavy atom. The number of rotatable bonds is 5. The van der Waals surface area contributed by atoms with E-state index in [2.05, 4.69) is 12.1 Å². The van der Waals surface area contributed by atoms with Gasteiger partial charge in [-0.15, -0.1) is 0 Å². The topological polar surface area (TPSA) is 63.0 Å². The largest absolute Gasteiger partial charge is 0.486 e. The Morgan fingerprint density at radius 2 is 1.61 bits per heavy atom. The second-order valence-corrected chi connectivity index (χ2v) is 9.02. The maximum atomic E-state index is 12.9. The van der Waals surface area contributed by atoms with E-state index in [1.54, 1.807) is 17.0 Å². The Bertz CT molecular complexity index is 1120. The van der Waals surface area contributed by atoms with Crippen molar-refractivity contribution in [1.82, 2.24) is 9.80 Å². The Kier molecular flexibility index (Phi) is 6.33. The van der Waals surface area contributed by atoms with Crippen molar-refractivity contribution in [2.45, 2.75) is 38.7 Å². The molecule has 0 atom stereocenters. The summed E-state index contributed by atoms with van der Waals surface area (Å²) in [5.41, 5.74) is 0. The van der Waals surface area contributed by atoms with E-state index >= 15 is 0 Å². The third kappa shape index (κ3) is 4.90. The zero-order chi connectivity index (χ0) is 22.6. The summed E-state index contributed by atoms with van der Waals surface area (Å²) < 4.78 is 11.7. The van der Waals surface area contributed by atoms with Gasteiger partial charge in [-0.1, -0.05) is 30.3 Å². The fourth-order valence-corrected chi connectivity index (χ4v) is 4.84. The summed E-state index contributed by atoms with van der Waals surface area (Å²) in [6, 6.07) is 17.6. The van der Waals surface area contributed by atoms with E-state index < -0.39 is 0 Å². The highest BCUT2D eigenvalue weighted by Gasteiger charge is 2.31. The molecule has 5 rings (SSSR count). The molecular weight excluding hydrogens is 416 g/mol. The van der Waals surface area contributed by atoms with Crippen molar-refractivity contribution in [2.24, 2.45) is 5.92 Å². The first kappa shape index (κ1) is 21.6. The molecule has 0 radical (unpaired) electrons. The van der Waals surface area contributed by atoms with E-state index in [1.807, 2.05) is 35.2 Å². The summed E-state index contributed by atoms with van der Waals surface area (Å²) in [7, 11) is 0. The molecule has 0 N–H and O–H groups in total. The second-order valence-electron chi connectivity index (χ2n) is 9.02. The van der Waals surface area contributed by atoms with Crippen LogP contribution in [0.4, 0.5) is 0 Å². The number of carbonyl (C=O) groups excluding carboxylic acids is 2. The summed E-state index contributed by atoms with van der Waals surface area (Å²) in [4.78, 5) is 29.5. The first-order chi connectivity index (χ1) is 16.2. The van der Waals surface area contributed by atoms with Crippen LogP contribution >= 0.6 is 0 Å². The molecule has 2 amide bonds. The fraction of sp³-hybridized carbons (Fsp3) is 0.407. The minimum absolute atomic E-state index is 0.0367. The van der Waals surface area contributed by atoms with Gasteiger partial charge in [0.15, 0.2) is 5.76 Å². The summed E-state index contributed by atoms with van der Waals surface area (Å²) >= 11 is 0. The van der Waals surface area contributed by atoms with Crippen LogP contribution in [0.2, 0.25) is 0 Å². The summed E-state index contributed by atoms with van der Waals surface area (Å²) in [5, 5.41) is 2.28. The van der Waals surface area contributed by atoms with Gasteiger partial charge in [0.2, 0.25) is 5.91 Å². The number of nitrogens with zero attached hydrogens (tertiary/aromatic N) is 2. The molecule has 3 aromatic rings. The van der Waals surface area contributed by atoms with Gasteiger partial charge in [-0.3, -0.25) is 9.59 Å². The van der Waals surface area contributed by atoms with Crippen LogP contribution < -0.4 is 4.74 Å². The smallest absolute Gasteiger partial charge is 0.289 e. The second kappa shape index (κ2) is 9.69. The minimum Gasteiger partial charge on any atom is -0.486 e. The first-order valence-corrected chi connectivity index (χ1v) is 12.0. The molecule has 3 heterocycles. The first-order valence-electron chi connectivity index (χ1n) is 12.0. The summed E-state index contributed by atoms with van der Waals surface area (Å²) in [6.45, 7) is 3.21. The van der Waals surface area contributed by atoms with Crippen LogP contribution in [0.3, 0.4) is 0 Å². The number of carbonyl (C=O) groups is 2. The molecule has 2 fully saturated rings.